The molecule has 1 saturated heterocycles. The van der Waals surface area contributed by atoms with Crippen LogP contribution >= 0.6 is 0 Å². The van der Waals surface area contributed by atoms with E-state index in [1.165, 1.54) is 11.1 Å². The van der Waals surface area contributed by atoms with Gasteiger partial charge in [-0.3, -0.25) is 9.59 Å². The molecule has 1 fully saturated rings. The van der Waals surface area contributed by atoms with Gasteiger partial charge in [0, 0.05) is 38.4 Å². The molecule has 1 aliphatic heterocycles. The zero-order chi connectivity index (χ0) is 19.9. The summed E-state index contributed by atoms with van der Waals surface area (Å²) in [4.78, 5) is 26.7. The lowest BCUT2D eigenvalue weighted by atomic mass is 9.96. The number of carbonyl (C=O) groups excluding carboxylic acids is 2. The van der Waals surface area contributed by atoms with Crippen molar-refractivity contribution in [2.75, 3.05) is 19.6 Å². The SMILES string of the molecule is Cc1ccc(CCC(=O)NCC2CCN(C(=O)C(C)n3cccc3)CC2)cc1. The molecule has 5 heteroatoms. The summed E-state index contributed by atoms with van der Waals surface area (Å²) < 4.78 is 1.95. The van der Waals surface area contributed by atoms with E-state index in [1.807, 2.05) is 40.9 Å². The second-order valence-electron chi connectivity index (χ2n) is 7.86. The van der Waals surface area contributed by atoms with Gasteiger partial charge in [-0.15, -0.1) is 0 Å². The van der Waals surface area contributed by atoms with Crippen molar-refractivity contribution in [2.45, 2.75) is 45.6 Å². The minimum absolute atomic E-state index is 0.111. The van der Waals surface area contributed by atoms with Crippen LogP contribution in [-0.4, -0.2) is 40.9 Å². The highest BCUT2D eigenvalue weighted by Gasteiger charge is 2.26. The van der Waals surface area contributed by atoms with Crippen LogP contribution in [0.25, 0.3) is 0 Å². The molecule has 1 atom stereocenters. The van der Waals surface area contributed by atoms with Crippen LogP contribution in [0, 0.1) is 12.8 Å². The molecule has 0 aliphatic carbocycles. The number of rotatable bonds is 7. The van der Waals surface area contributed by atoms with Crippen molar-refractivity contribution < 1.29 is 9.59 Å². The minimum atomic E-state index is -0.159. The Morgan fingerprint density at radius 2 is 1.75 bits per heavy atom. The number of hydrogen-bond acceptors (Lipinski definition) is 2. The molecule has 5 nitrogen and oxygen atoms in total. The van der Waals surface area contributed by atoms with E-state index in [0.29, 0.717) is 18.9 Å². The number of benzene rings is 1. The van der Waals surface area contributed by atoms with Crippen LogP contribution in [0.2, 0.25) is 0 Å². The van der Waals surface area contributed by atoms with E-state index >= 15 is 0 Å². The molecule has 0 radical (unpaired) electrons. The summed E-state index contributed by atoms with van der Waals surface area (Å²) in [7, 11) is 0. The van der Waals surface area contributed by atoms with Gasteiger partial charge in [0.2, 0.25) is 11.8 Å². The quantitative estimate of drug-likeness (QED) is 0.800. The largest absolute Gasteiger partial charge is 0.356 e. The second-order valence-corrected chi connectivity index (χ2v) is 7.86. The van der Waals surface area contributed by atoms with Crippen LogP contribution < -0.4 is 5.32 Å². The molecule has 1 aromatic heterocycles. The molecule has 2 amide bonds. The number of piperidine rings is 1. The predicted molar refractivity (Wildman–Crippen MR) is 111 cm³/mol. The number of carbonyl (C=O) groups is 2. The molecular formula is C23H31N3O2. The maximum Gasteiger partial charge on any atom is 0.245 e. The fraction of sp³-hybridized carbons (Fsp3) is 0.478. The number of aryl methyl sites for hydroxylation is 2. The van der Waals surface area contributed by atoms with E-state index in [2.05, 4.69) is 36.5 Å². The van der Waals surface area contributed by atoms with Gasteiger partial charge in [0.05, 0.1) is 0 Å². The van der Waals surface area contributed by atoms with E-state index in [0.717, 1.165) is 32.4 Å². The summed E-state index contributed by atoms with van der Waals surface area (Å²) in [5.74, 6) is 0.742. The van der Waals surface area contributed by atoms with Gasteiger partial charge in [-0.2, -0.15) is 0 Å². The molecule has 28 heavy (non-hydrogen) atoms. The number of nitrogens with zero attached hydrogens (tertiary/aromatic N) is 2. The Morgan fingerprint density at radius 1 is 1.11 bits per heavy atom. The van der Waals surface area contributed by atoms with E-state index in [4.69, 9.17) is 0 Å². The number of aromatic nitrogens is 1. The fourth-order valence-corrected chi connectivity index (χ4v) is 3.71. The van der Waals surface area contributed by atoms with E-state index < -0.39 is 0 Å². The topological polar surface area (TPSA) is 54.3 Å². The Kier molecular flexibility index (Phi) is 6.90. The molecule has 0 bridgehead atoms. The maximum atomic E-state index is 12.6. The van der Waals surface area contributed by atoms with Gasteiger partial charge in [-0.25, -0.2) is 0 Å². The number of likely N-dealkylation sites (tertiary alicyclic amines) is 1. The van der Waals surface area contributed by atoms with Gasteiger partial charge < -0.3 is 14.8 Å². The Labute approximate surface area is 167 Å². The van der Waals surface area contributed by atoms with Crippen molar-refractivity contribution in [2.24, 2.45) is 5.92 Å². The van der Waals surface area contributed by atoms with Gasteiger partial charge in [0.15, 0.2) is 0 Å². The number of hydrogen-bond donors (Lipinski definition) is 1. The first-order valence-corrected chi connectivity index (χ1v) is 10.3. The Hall–Kier alpha value is -2.56. The van der Waals surface area contributed by atoms with E-state index in [1.54, 1.807) is 0 Å². The second kappa shape index (κ2) is 9.58. The Bertz CT molecular complexity index is 760. The standard InChI is InChI=1S/C23H31N3O2/c1-18-5-7-20(8-6-18)9-10-22(27)24-17-21-11-15-26(16-12-21)23(28)19(2)25-13-3-4-14-25/h3-8,13-14,19,21H,9-12,15-17H2,1-2H3,(H,24,27). The first-order chi connectivity index (χ1) is 13.5. The van der Waals surface area contributed by atoms with Gasteiger partial charge in [0.1, 0.15) is 6.04 Å². The average molecular weight is 382 g/mol. The third-order valence-electron chi connectivity index (χ3n) is 5.71. The first kappa shape index (κ1) is 20.2. The van der Waals surface area contributed by atoms with Crippen molar-refractivity contribution >= 4 is 11.8 Å². The molecule has 3 rings (SSSR count). The number of nitrogens with one attached hydrogen (secondary N) is 1. The maximum absolute atomic E-state index is 12.6. The van der Waals surface area contributed by atoms with E-state index in [9.17, 15) is 9.59 Å². The monoisotopic (exact) mass is 381 g/mol. The van der Waals surface area contributed by atoms with Crippen LogP contribution in [0.1, 0.15) is 43.4 Å². The number of amides is 2. The predicted octanol–water partition coefficient (Wildman–Crippen LogP) is 3.35. The fourth-order valence-electron chi connectivity index (χ4n) is 3.71. The van der Waals surface area contributed by atoms with Crippen molar-refractivity contribution in [3.63, 3.8) is 0 Å². The van der Waals surface area contributed by atoms with Crippen LogP contribution in [0.5, 0.6) is 0 Å². The average Bonchev–Trinajstić information content (AvgIpc) is 3.26. The lowest BCUT2D eigenvalue weighted by Crippen LogP contribution is -2.43. The summed E-state index contributed by atoms with van der Waals surface area (Å²) in [6.07, 6.45) is 7.05. The Morgan fingerprint density at radius 3 is 2.39 bits per heavy atom. The lowest BCUT2D eigenvalue weighted by molar-refractivity contribution is -0.135. The smallest absolute Gasteiger partial charge is 0.245 e. The van der Waals surface area contributed by atoms with Gasteiger partial charge in [-0.05, 0) is 56.7 Å². The van der Waals surface area contributed by atoms with Crippen LogP contribution in [-0.2, 0) is 16.0 Å². The van der Waals surface area contributed by atoms with Crippen molar-refractivity contribution in [3.8, 4) is 0 Å². The summed E-state index contributed by atoms with van der Waals surface area (Å²) in [5.41, 5.74) is 2.44. The zero-order valence-corrected chi connectivity index (χ0v) is 16.9. The van der Waals surface area contributed by atoms with Gasteiger partial charge >= 0.3 is 0 Å². The highest BCUT2D eigenvalue weighted by Crippen LogP contribution is 2.20. The van der Waals surface area contributed by atoms with E-state index in [-0.39, 0.29) is 17.9 Å². The minimum Gasteiger partial charge on any atom is -0.356 e. The molecule has 150 valence electrons. The van der Waals surface area contributed by atoms with Gasteiger partial charge in [0.25, 0.3) is 0 Å². The lowest BCUT2D eigenvalue weighted by Gasteiger charge is -2.34. The molecule has 0 spiro atoms. The normalized spacial score (nSPS) is 16.0. The summed E-state index contributed by atoms with van der Waals surface area (Å²) >= 11 is 0. The third kappa shape index (κ3) is 5.47. The molecule has 2 heterocycles. The summed E-state index contributed by atoms with van der Waals surface area (Å²) in [6, 6.07) is 12.1. The van der Waals surface area contributed by atoms with Gasteiger partial charge in [-0.1, -0.05) is 29.8 Å². The molecule has 0 saturated carbocycles. The molecular weight excluding hydrogens is 350 g/mol. The highest BCUT2D eigenvalue weighted by molar-refractivity contribution is 5.80. The summed E-state index contributed by atoms with van der Waals surface area (Å²) in [6.45, 7) is 6.27. The highest BCUT2D eigenvalue weighted by atomic mass is 16.2. The Balaban J connectivity index is 1.35. The zero-order valence-electron chi connectivity index (χ0n) is 16.9. The van der Waals surface area contributed by atoms with Crippen LogP contribution in [0.3, 0.4) is 0 Å². The van der Waals surface area contributed by atoms with Crippen molar-refractivity contribution in [3.05, 3.63) is 59.9 Å². The van der Waals surface area contributed by atoms with Crippen LogP contribution in [0.4, 0.5) is 0 Å². The molecule has 1 unspecified atom stereocenters. The first-order valence-electron chi connectivity index (χ1n) is 10.3. The van der Waals surface area contributed by atoms with Crippen molar-refractivity contribution in [1.29, 1.82) is 0 Å². The molecule has 1 aliphatic rings. The van der Waals surface area contributed by atoms with Crippen molar-refractivity contribution in [1.82, 2.24) is 14.8 Å². The van der Waals surface area contributed by atoms with Crippen LogP contribution in [0.15, 0.2) is 48.8 Å². The molecule has 1 N–H and O–H groups in total. The molecule has 2 aromatic rings. The molecule has 1 aromatic carbocycles. The third-order valence-corrected chi connectivity index (χ3v) is 5.71. The summed E-state index contributed by atoms with van der Waals surface area (Å²) in [5, 5.41) is 3.08.